The van der Waals surface area contributed by atoms with Gasteiger partial charge in [0.1, 0.15) is 17.5 Å². The van der Waals surface area contributed by atoms with Crippen molar-refractivity contribution in [3.63, 3.8) is 0 Å². The number of nitrogens with two attached hydrogens (primary N) is 1. The van der Waals surface area contributed by atoms with Gasteiger partial charge in [-0.1, -0.05) is 32.9 Å². The summed E-state index contributed by atoms with van der Waals surface area (Å²) in [5.41, 5.74) is 8.15. The third-order valence-corrected chi connectivity index (χ3v) is 4.34. The van der Waals surface area contributed by atoms with Gasteiger partial charge in [0.2, 0.25) is 0 Å². The Morgan fingerprint density at radius 3 is 2.19 bits per heavy atom. The van der Waals surface area contributed by atoms with Crippen LogP contribution in [0.1, 0.15) is 49.6 Å². The standard InChI is InChI=1S/C20H20F2N4/c1-11(2)13-10-17(19-14(21)6-4-7-15(19)22)25-26-20(13)12(3)16-8-5-9-18(23)24-16/h4-12H,1-3H3,(H2,23,24). The molecule has 4 nitrogen and oxygen atoms in total. The highest BCUT2D eigenvalue weighted by Crippen LogP contribution is 2.32. The first-order valence-corrected chi connectivity index (χ1v) is 8.42. The lowest BCUT2D eigenvalue weighted by Crippen LogP contribution is -2.10. The zero-order chi connectivity index (χ0) is 18.8. The van der Waals surface area contributed by atoms with Gasteiger partial charge >= 0.3 is 0 Å². The fraction of sp³-hybridized carbons (Fsp3) is 0.250. The topological polar surface area (TPSA) is 64.7 Å². The molecule has 2 heterocycles. The fourth-order valence-corrected chi connectivity index (χ4v) is 2.93. The second-order valence-corrected chi connectivity index (χ2v) is 6.53. The Morgan fingerprint density at radius 1 is 0.923 bits per heavy atom. The van der Waals surface area contributed by atoms with Crippen LogP contribution in [0, 0.1) is 11.6 Å². The number of nitrogen functional groups attached to an aromatic ring is 1. The highest BCUT2D eigenvalue weighted by atomic mass is 19.1. The van der Waals surface area contributed by atoms with E-state index < -0.39 is 11.6 Å². The first kappa shape index (κ1) is 17.9. The fourth-order valence-electron chi connectivity index (χ4n) is 2.93. The van der Waals surface area contributed by atoms with Crippen molar-refractivity contribution in [2.75, 3.05) is 5.73 Å². The van der Waals surface area contributed by atoms with Gasteiger partial charge in [0.25, 0.3) is 0 Å². The van der Waals surface area contributed by atoms with Gasteiger partial charge in [-0.3, -0.25) is 0 Å². The molecule has 0 amide bonds. The third-order valence-electron chi connectivity index (χ3n) is 4.34. The van der Waals surface area contributed by atoms with Gasteiger partial charge in [0, 0.05) is 5.92 Å². The monoisotopic (exact) mass is 354 g/mol. The molecule has 0 saturated heterocycles. The number of hydrogen-bond donors (Lipinski definition) is 1. The Labute approximate surface area is 151 Å². The number of rotatable bonds is 4. The molecule has 3 aromatic rings. The van der Waals surface area contributed by atoms with Crippen LogP contribution in [0.5, 0.6) is 0 Å². The van der Waals surface area contributed by atoms with Crippen LogP contribution in [-0.4, -0.2) is 15.2 Å². The van der Waals surface area contributed by atoms with Crippen LogP contribution in [0.4, 0.5) is 14.6 Å². The molecule has 0 radical (unpaired) electrons. The summed E-state index contributed by atoms with van der Waals surface area (Å²) in [6.45, 7) is 5.96. The van der Waals surface area contributed by atoms with Crippen LogP contribution < -0.4 is 5.73 Å². The zero-order valence-electron chi connectivity index (χ0n) is 14.9. The minimum Gasteiger partial charge on any atom is -0.384 e. The lowest BCUT2D eigenvalue weighted by molar-refractivity contribution is 0.587. The van der Waals surface area contributed by atoms with Gasteiger partial charge in [-0.2, -0.15) is 10.2 Å². The molecule has 134 valence electrons. The maximum absolute atomic E-state index is 14.1. The molecule has 26 heavy (non-hydrogen) atoms. The van der Waals surface area contributed by atoms with Gasteiger partial charge in [-0.15, -0.1) is 0 Å². The predicted octanol–water partition coefficient (Wildman–Crippen LogP) is 4.67. The van der Waals surface area contributed by atoms with E-state index in [1.54, 1.807) is 12.1 Å². The average Bonchev–Trinajstić information content (AvgIpc) is 2.61. The van der Waals surface area contributed by atoms with Crippen LogP contribution in [0.25, 0.3) is 11.3 Å². The van der Waals surface area contributed by atoms with E-state index in [-0.39, 0.29) is 23.1 Å². The highest BCUT2D eigenvalue weighted by Gasteiger charge is 2.21. The lowest BCUT2D eigenvalue weighted by Gasteiger charge is -2.18. The molecule has 0 spiro atoms. The lowest BCUT2D eigenvalue weighted by atomic mass is 9.91. The van der Waals surface area contributed by atoms with Gasteiger partial charge in [-0.05, 0) is 41.8 Å². The first-order chi connectivity index (χ1) is 12.4. The number of aromatic nitrogens is 3. The van der Waals surface area contributed by atoms with E-state index in [9.17, 15) is 8.78 Å². The van der Waals surface area contributed by atoms with Crippen LogP contribution >= 0.6 is 0 Å². The van der Waals surface area contributed by atoms with Crippen LogP contribution in [0.2, 0.25) is 0 Å². The van der Waals surface area contributed by atoms with Crippen molar-refractivity contribution in [2.45, 2.75) is 32.6 Å². The largest absolute Gasteiger partial charge is 0.384 e. The summed E-state index contributed by atoms with van der Waals surface area (Å²) in [5.74, 6) is -0.946. The number of halogens is 2. The smallest absolute Gasteiger partial charge is 0.135 e. The van der Waals surface area contributed by atoms with E-state index >= 15 is 0 Å². The number of pyridine rings is 1. The minimum atomic E-state index is -0.660. The van der Waals surface area contributed by atoms with E-state index in [0.29, 0.717) is 5.82 Å². The second-order valence-electron chi connectivity index (χ2n) is 6.53. The van der Waals surface area contributed by atoms with Crippen LogP contribution in [0.15, 0.2) is 42.5 Å². The third kappa shape index (κ3) is 3.40. The van der Waals surface area contributed by atoms with Gasteiger partial charge in [-0.25, -0.2) is 13.8 Å². The summed E-state index contributed by atoms with van der Waals surface area (Å²) in [4.78, 5) is 4.35. The molecule has 0 bridgehead atoms. The normalized spacial score (nSPS) is 12.4. The summed E-state index contributed by atoms with van der Waals surface area (Å²) < 4.78 is 28.2. The highest BCUT2D eigenvalue weighted by molar-refractivity contribution is 5.61. The van der Waals surface area contributed by atoms with Crippen molar-refractivity contribution >= 4 is 5.82 Å². The molecule has 2 aromatic heterocycles. The molecule has 1 aromatic carbocycles. The summed E-state index contributed by atoms with van der Waals surface area (Å²) in [5, 5.41) is 8.39. The van der Waals surface area contributed by atoms with E-state index in [0.717, 1.165) is 17.0 Å². The molecule has 1 unspecified atom stereocenters. The molecule has 0 fully saturated rings. The van der Waals surface area contributed by atoms with Crippen molar-refractivity contribution in [3.8, 4) is 11.3 Å². The van der Waals surface area contributed by atoms with Gasteiger partial charge in [0.15, 0.2) is 0 Å². The zero-order valence-corrected chi connectivity index (χ0v) is 14.9. The van der Waals surface area contributed by atoms with Crippen LogP contribution in [-0.2, 0) is 0 Å². The molecule has 0 aliphatic heterocycles. The van der Waals surface area contributed by atoms with Crippen molar-refractivity contribution in [3.05, 3.63) is 71.1 Å². The molecule has 0 saturated carbocycles. The van der Waals surface area contributed by atoms with Crippen LogP contribution in [0.3, 0.4) is 0 Å². The molecule has 0 aliphatic rings. The summed E-state index contributed by atoms with van der Waals surface area (Å²) >= 11 is 0. The Hall–Kier alpha value is -2.89. The molecule has 3 rings (SSSR count). The quantitative estimate of drug-likeness (QED) is 0.739. The van der Waals surface area contributed by atoms with Crippen molar-refractivity contribution in [2.24, 2.45) is 0 Å². The number of nitrogens with zero attached hydrogens (tertiary/aromatic N) is 3. The molecule has 1 atom stereocenters. The minimum absolute atomic E-state index is 0.0950. The van der Waals surface area contributed by atoms with E-state index in [1.165, 1.54) is 18.2 Å². The maximum Gasteiger partial charge on any atom is 0.135 e. The first-order valence-electron chi connectivity index (χ1n) is 8.42. The summed E-state index contributed by atoms with van der Waals surface area (Å²) in [6.07, 6.45) is 0. The summed E-state index contributed by atoms with van der Waals surface area (Å²) in [6, 6.07) is 10.9. The Morgan fingerprint density at radius 2 is 1.58 bits per heavy atom. The number of anilines is 1. The number of hydrogen-bond acceptors (Lipinski definition) is 4. The van der Waals surface area contributed by atoms with Crippen molar-refractivity contribution in [1.29, 1.82) is 0 Å². The Balaban J connectivity index is 2.11. The molecular weight excluding hydrogens is 334 g/mol. The maximum atomic E-state index is 14.1. The summed E-state index contributed by atoms with van der Waals surface area (Å²) in [7, 11) is 0. The van der Waals surface area contributed by atoms with Gasteiger partial charge < -0.3 is 5.73 Å². The molecule has 0 aliphatic carbocycles. The molecule has 2 N–H and O–H groups in total. The van der Waals surface area contributed by atoms with Gasteiger partial charge in [0.05, 0.1) is 22.6 Å². The second kappa shape index (κ2) is 7.15. The van der Waals surface area contributed by atoms with E-state index in [1.807, 2.05) is 32.9 Å². The SMILES string of the molecule is CC(C)c1cc(-c2c(F)cccc2F)nnc1C(C)c1cccc(N)n1. The molecular formula is C20H20F2N4. The van der Waals surface area contributed by atoms with E-state index in [2.05, 4.69) is 15.2 Å². The van der Waals surface area contributed by atoms with Crippen molar-refractivity contribution < 1.29 is 8.78 Å². The average molecular weight is 354 g/mol. The van der Waals surface area contributed by atoms with Crippen molar-refractivity contribution in [1.82, 2.24) is 15.2 Å². The molecule has 6 heteroatoms. The predicted molar refractivity (Wildman–Crippen MR) is 97.6 cm³/mol. The number of benzene rings is 1. The Bertz CT molecular complexity index is 921. The Kier molecular flexibility index (Phi) is 4.93. The van der Waals surface area contributed by atoms with E-state index in [4.69, 9.17) is 5.73 Å².